The number of benzene rings is 3. The molecular weight excluding hydrogens is 719 g/mol. The van der Waals surface area contributed by atoms with Crippen molar-refractivity contribution in [2.24, 2.45) is 10.8 Å². The lowest BCUT2D eigenvalue weighted by molar-refractivity contribution is -0.124. The Hall–Kier alpha value is -4.85. The lowest BCUT2D eigenvalue weighted by atomic mass is 9.81. The van der Waals surface area contributed by atoms with Crippen LogP contribution in [0.2, 0.25) is 0 Å². The van der Waals surface area contributed by atoms with E-state index in [2.05, 4.69) is 32.2 Å². The first kappa shape index (κ1) is 42.6. The largest absolute Gasteiger partial charge is 0.478 e. The van der Waals surface area contributed by atoms with E-state index in [1.54, 1.807) is 31.2 Å². The van der Waals surface area contributed by atoms with Crippen LogP contribution in [0.4, 0.5) is 5.69 Å². The van der Waals surface area contributed by atoms with Crippen molar-refractivity contribution in [1.29, 1.82) is 0 Å². The normalized spacial score (nSPS) is 15.7. The zero-order valence-corrected chi connectivity index (χ0v) is 32.2. The summed E-state index contributed by atoms with van der Waals surface area (Å²) in [5.74, 6) is -0.220. The van der Waals surface area contributed by atoms with Gasteiger partial charge in [0.1, 0.15) is 23.0 Å². The van der Waals surface area contributed by atoms with Crippen molar-refractivity contribution in [3.05, 3.63) is 98.9 Å². The van der Waals surface area contributed by atoms with Crippen molar-refractivity contribution < 1.29 is 45.0 Å². The molecule has 284 valence electrons. The van der Waals surface area contributed by atoms with Gasteiger partial charge < -0.3 is 15.2 Å². The fourth-order valence-corrected chi connectivity index (χ4v) is 6.92. The van der Waals surface area contributed by atoms with Crippen LogP contribution in [0, 0.1) is 10.8 Å². The molecule has 0 bridgehead atoms. The van der Waals surface area contributed by atoms with Gasteiger partial charge in [-0.2, -0.15) is 8.42 Å². The maximum atomic E-state index is 12.4. The molecule has 2 aliphatic heterocycles. The van der Waals surface area contributed by atoms with E-state index in [9.17, 15) is 27.7 Å². The highest BCUT2D eigenvalue weighted by molar-refractivity contribution is 7.86. The molecule has 0 amide bonds. The van der Waals surface area contributed by atoms with Gasteiger partial charge in [0, 0.05) is 44.5 Å². The highest BCUT2D eigenvalue weighted by Gasteiger charge is 2.31. The number of nitrogens with one attached hydrogen (secondary N) is 1. The molecule has 3 aliphatic rings. The van der Waals surface area contributed by atoms with Gasteiger partial charge >= 0.3 is 16.6 Å². The highest BCUT2D eigenvalue weighted by Crippen LogP contribution is 2.44. The van der Waals surface area contributed by atoms with E-state index in [4.69, 9.17) is 17.4 Å². The highest BCUT2D eigenvalue weighted by atomic mass is 32.2. The van der Waals surface area contributed by atoms with Gasteiger partial charge in [0.15, 0.2) is 0 Å². The second-order valence-electron chi connectivity index (χ2n) is 15.2. The molecule has 0 radical (unpaired) electrons. The zero-order valence-electron chi connectivity index (χ0n) is 30.5. The number of carbonyl (C=O) groups is 2. The number of anilines is 1. The summed E-state index contributed by atoms with van der Waals surface area (Å²) >= 11 is 0. The molecule has 0 aromatic heterocycles. The molecule has 0 saturated heterocycles. The second-order valence-corrected chi connectivity index (χ2v) is 17.1. The first-order valence-corrected chi connectivity index (χ1v) is 18.9. The van der Waals surface area contributed by atoms with Gasteiger partial charge in [0.2, 0.25) is 0 Å². The number of carboxylic acid groups (broad SMARTS) is 1. The topological polar surface area (TPSA) is 181 Å². The van der Waals surface area contributed by atoms with Crippen molar-refractivity contribution in [2.75, 3.05) is 11.1 Å². The van der Waals surface area contributed by atoms with E-state index >= 15 is 0 Å². The summed E-state index contributed by atoms with van der Waals surface area (Å²) in [6.07, 6.45) is 6.03. The van der Waals surface area contributed by atoms with Crippen LogP contribution in [-0.2, 0) is 25.5 Å². The van der Waals surface area contributed by atoms with Gasteiger partial charge in [0.25, 0.3) is 10.1 Å². The van der Waals surface area contributed by atoms with Gasteiger partial charge in [-0.1, -0.05) is 78.5 Å². The Morgan fingerprint density at radius 2 is 1.45 bits per heavy atom. The van der Waals surface area contributed by atoms with Crippen LogP contribution in [0.1, 0.15) is 102 Å². The molecule has 11 nitrogen and oxygen atoms in total. The minimum absolute atomic E-state index is 0. The molecule has 0 spiro atoms. The molecule has 2 heterocycles. The van der Waals surface area contributed by atoms with Crippen molar-refractivity contribution in [3.8, 4) is 11.5 Å². The van der Waals surface area contributed by atoms with Crippen LogP contribution in [0.25, 0.3) is 22.8 Å². The Morgan fingerprint density at radius 1 is 0.868 bits per heavy atom. The smallest absolute Gasteiger partial charge is 0.425 e. The molecule has 3 N–H and O–H groups in total. The molecule has 0 atom stereocenters. The number of carbonyl (C=O) groups excluding carboxylic acids is 1. The Balaban J connectivity index is 0.000000553. The monoisotopic (exact) mass is 765 g/mol. The molecule has 3 aromatic carbocycles. The maximum absolute atomic E-state index is 12.4. The van der Waals surface area contributed by atoms with Crippen LogP contribution in [0.5, 0.6) is 11.5 Å². The summed E-state index contributed by atoms with van der Waals surface area (Å²) in [5, 5.41) is 15.1. The summed E-state index contributed by atoms with van der Waals surface area (Å²) in [6, 6.07) is 14.6. The number of allylic oxidation sites excluding steroid dienone is 2. The standard InChI is InChI=1S/C33H31NO6S.C6H12O.CH4.O3S/c1-18-14-33(4,5)34-27-13-29-25(11-23(18)27)30(21-8-6-7-9-22(21)31(35)36)26-12-24-19(10-28(26)40-29)15-32(2,3)16-20(24)17-41(37,38)39;1-5(7)6(2,3)4;;1-4(2)3/h6-16,34H,17H2,1-5H3,(H,35,36)(H,37,38,39);1-4H3;1H4;. The van der Waals surface area contributed by atoms with Gasteiger partial charge in [-0.05, 0) is 79.5 Å². The number of ketones is 1. The summed E-state index contributed by atoms with van der Waals surface area (Å²) < 4.78 is 65.6. The van der Waals surface area contributed by atoms with E-state index in [0.29, 0.717) is 39.0 Å². The molecule has 0 fully saturated rings. The molecule has 6 rings (SSSR count). The molecule has 1 aliphatic carbocycles. The quantitative estimate of drug-likeness (QED) is 0.188. The van der Waals surface area contributed by atoms with Gasteiger partial charge in [-0.3, -0.25) is 9.35 Å². The number of ether oxygens (including phenoxy) is 1. The Morgan fingerprint density at radius 3 is 2.00 bits per heavy atom. The van der Waals surface area contributed by atoms with E-state index < -0.39 is 37.9 Å². The van der Waals surface area contributed by atoms with Crippen molar-refractivity contribution in [1.82, 2.24) is 0 Å². The number of fused-ring (bicyclic) bond motifs is 4. The maximum Gasteiger partial charge on any atom is 0.425 e. The van der Waals surface area contributed by atoms with Crippen LogP contribution in [-0.4, -0.2) is 53.7 Å². The summed E-state index contributed by atoms with van der Waals surface area (Å²) in [4.78, 5) is 22.9. The molecule has 13 heteroatoms. The van der Waals surface area contributed by atoms with Crippen LogP contribution >= 0.6 is 0 Å². The lowest BCUT2D eigenvalue weighted by Crippen LogP contribution is -2.32. The Labute approximate surface area is 312 Å². The Bertz CT molecular complexity index is 2410. The van der Waals surface area contributed by atoms with Crippen molar-refractivity contribution in [3.63, 3.8) is 0 Å². The summed E-state index contributed by atoms with van der Waals surface area (Å²) in [7, 11) is -7.42. The SMILES string of the molecule is C.CC(=O)C(C)(C)C.CC1=CC(C)(C)Nc2cc3c(cc21)C(c1ccccc1C(=O)O)=c1cc2c(cc1O3)=CC(C)(C)C=C2CS(=O)(=O)O.O=S(=O)=O. The van der Waals surface area contributed by atoms with Gasteiger partial charge in [-0.25, -0.2) is 4.79 Å². The summed E-state index contributed by atoms with van der Waals surface area (Å²) in [5.41, 5.74) is 5.35. The number of rotatable bonds is 4. The fourth-order valence-electron chi connectivity index (χ4n) is 6.29. The predicted molar refractivity (Wildman–Crippen MR) is 208 cm³/mol. The molecule has 0 saturated carbocycles. The lowest BCUT2D eigenvalue weighted by Gasteiger charge is -2.33. The van der Waals surface area contributed by atoms with Crippen molar-refractivity contribution in [2.45, 2.75) is 75.3 Å². The third kappa shape index (κ3) is 10.2. The summed E-state index contributed by atoms with van der Waals surface area (Å²) in [6.45, 7) is 17.5. The average Bonchev–Trinajstić information content (AvgIpc) is 2.96. The van der Waals surface area contributed by atoms with Gasteiger partial charge in [0.05, 0.1) is 11.1 Å². The number of carboxylic acids is 1. The van der Waals surface area contributed by atoms with Gasteiger partial charge in [-0.15, -0.1) is 12.6 Å². The van der Waals surface area contributed by atoms with Crippen LogP contribution < -0.4 is 20.5 Å². The fraction of sp³-hybridized carbons (Fsp3) is 0.350. The van der Waals surface area contributed by atoms with Crippen LogP contribution in [0.15, 0.2) is 60.7 Å². The number of aromatic carboxylic acids is 1. The predicted octanol–water partition coefficient (Wildman–Crippen LogP) is 6.69. The second kappa shape index (κ2) is 15.2. The third-order valence-corrected chi connectivity index (χ3v) is 9.41. The minimum atomic E-state index is -4.31. The first-order chi connectivity index (χ1) is 23.8. The third-order valence-electron chi connectivity index (χ3n) is 8.73. The van der Waals surface area contributed by atoms with E-state index in [1.165, 1.54) is 0 Å². The minimum Gasteiger partial charge on any atom is -0.478 e. The van der Waals surface area contributed by atoms with E-state index in [1.807, 2.05) is 71.0 Å². The number of hydrogen-bond donors (Lipinski definition) is 3. The molecular formula is C40H47NO10S2. The molecule has 53 heavy (non-hydrogen) atoms. The zero-order chi connectivity index (χ0) is 39.1. The van der Waals surface area contributed by atoms with E-state index in [0.717, 1.165) is 27.6 Å². The van der Waals surface area contributed by atoms with Crippen molar-refractivity contribution >= 4 is 61.0 Å². The molecule has 0 unspecified atom stereocenters. The number of hydrogen-bond acceptors (Lipinski definition) is 9. The number of Topliss-reactive ketones (excluding diaryl/α,β-unsaturated/α-hetero) is 1. The van der Waals surface area contributed by atoms with Crippen LogP contribution in [0.3, 0.4) is 0 Å². The Kier molecular flexibility index (Phi) is 12.2. The average molecular weight is 766 g/mol. The molecule has 3 aromatic rings. The first-order valence-electron chi connectivity index (χ1n) is 16.3. The van der Waals surface area contributed by atoms with E-state index in [-0.39, 0.29) is 29.7 Å².